The molecule has 0 bridgehead atoms. The van der Waals surface area contributed by atoms with E-state index in [1.54, 1.807) is 24.3 Å². The van der Waals surface area contributed by atoms with Crippen LogP contribution < -0.4 is 10.5 Å². The number of nitrogens with two attached hydrogens (primary N) is 1. The molecule has 0 aliphatic rings. The Labute approximate surface area is 100 Å². The number of benzene rings is 2. The fourth-order valence-electron chi connectivity index (χ4n) is 1.49. The van der Waals surface area contributed by atoms with E-state index in [0.29, 0.717) is 22.7 Å². The van der Waals surface area contributed by atoms with E-state index in [-0.39, 0.29) is 0 Å². The van der Waals surface area contributed by atoms with Crippen molar-refractivity contribution in [1.82, 2.24) is 0 Å². The van der Waals surface area contributed by atoms with E-state index in [4.69, 9.17) is 15.7 Å². The van der Waals surface area contributed by atoms with E-state index < -0.39 is 0 Å². The molecule has 2 rings (SSSR count). The second-order valence-electron chi connectivity index (χ2n) is 3.78. The topological polar surface area (TPSA) is 59.0 Å². The third-order valence-corrected chi connectivity index (χ3v) is 2.38. The van der Waals surface area contributed by atoms with Gasteiger partial charge in [-0.05, 0) is 48.9 Å². The Kier molecular flexibility index (Phi) is 2.97. The highest BCUT2D eigenvalue weighted by molar-refractivity contribution is 5.55. The number of hydrogen-bond acceptors (Lipinski definition) is 3. The normalized spacial score (nSPS) is 9.65. The van der Waals surface area contributed by atoms with E-state index in [0.717, 1.165) is 5.56 Å². The molecule has 0 aromatic heterocycles. The highest BCUT2D eigenvalue weighted by Crippen LogP contribution is 2.28. The summed E-state index contributed by atoms with van der Waals surface area (Å²) < 4.78 is 5.63. The minimum Gasteiger partial charge on any atom is -0.455 e. The highest BCUT2D eigenvalue weighted by atomic mass is 16.5. The average molecular weight is 224 g/mol. The lowest BCUT2D eigenvalue weighted by atomic mass is 10.2. The lowest BCUT2D eigenvalue weighted by Crippen LogP contribution is -1.92. The molecule has 84 valence electrons. The van der Waals surface area contributed by atoms with E-state index in [1.807, 2.05) is 25.1 Å². The van der Waals surface area contributed by atoms with Gasteiger partial charge in [0.2, 0.25) is 0 Å². The molecule has 0 atom stereocenters. The summed E-state index contributed by atoms with van der Waals surface area (Å²) in [5, 5.41) is 8.68. The molecule has 3 nitrogen and oxygen atoms in total. The number of ether oxygens (including phenoxy) is 1. The highest BCUT2D eigenvalue weighted by Gasteiger charge is 2.02. The zero-order valence-electron chi connectivity index (χ0n) is 9.47. The van der Waals surface area contributed by atoms with Crippen molar-refractivity contribution in [3.8, 4) is 17.6 Å². The van der Waals surface area contributed by atoms with E-state index >= 15 is 0 Å². The third kappa shape index (κ3) is 2.56. The first kappa shape index (κ1) is 11.0. The van der Waals surface area contributed by atoms with Gasteiger partial charge in [0.1, 0.15) is 11.5 Å². The molecule has 0 unspecified atom stereocenters. The quantitative estimate of drug-likeness (QED) is 0.796. The van der Waals surface area contributed by atoms with Crippen molar-refractivity contribution in [3.05, 3.63) is 53.6 Å². The summed E-state index contributed by atoms with van der Waals surface area (Å²) in [6.07, 6.45) is 0. The molecule has 2 aromatic carbocycles. The lowest BCUT2D eigenvalue weighted by Gasteiger charge is -2.08. The number of anilines is 1. The van der Waals surface area contributed by atoms with Gasteiger partial charge in [0, 0.05) is 0 Å². The number of aryl methyl sites for hydroxylation is 1. The Morgan fingerprint density at radius 2 is 1.82 bits per heavy atom. The van der Waals surface area contributed by atoms with Gasteiger partial charge in [-0.3, -0.25) is 0 Å². The zero-order chi connectivity index (χ0) is 12.3. The first-order valence-corrected chi connectivity index (χ1v) is 5.23. The van der Waals surface area contributed by atoms with E-state index in [9.17, 15) is 0 Å². The molecule has 0 radical (unpaired) electrons. The fraction of sp³-hybridized carbons (Fsp3) is 0.0714. The third-order valence-electron chi connectivity index (χ3n) is 2.38. The Morgan fingerprint density at radius 3 is 2.41 bits per heavy atom. The molecule has 0 spiro atoms. The maximum atomic E-state index is 8.68. The molecule has 0 saturated heterocycles. The largest absolute Gasteiger partial charge is 0.455 e. The van der Waals surface area contributed by atoms with Crippen LogP contribution in [0.4, 0.5) is 5.69 Å². The van der Waals surface area contributed by atoms with Crippen molar-refractivity contribution >= 4 is 5.69 Å². The minimum atomic E-state index is 0.606. The Balaban J connectivity index is 2.23. The molecule has 3 heteroatoms. The summed E-state index contributed by atoms with van der Waals surface area (Å²) in [6, 6.07) is 14.6. The summed E-state index contributed by atoms with van der Waals surface area (Å²) in [6.45, 7) is 1.97. The maximum absolute atomic E-state index is 8.68. The molecule has 0 aliphatic heterocycles. The molecule has 0 amide bonds. The number of nitriles is 1. The van der Waals surface area contributed by atoms with Crippen molar-refractivity contribution in [2.24, 2.45) is 0 Å². The number of hydrogen-bond donors (Lipinski definition) is 1. The maximum Gasteiger partial charge on any atom is 0.150 e. The first-order valence-electron chi connectivity index (χ1n) is 5.23. The van der Waals surface area contributed by atoms with Crippen LogP contribution in [0.15, 0.2) is 42.5 Å². The Morgan fingerprint density at radius 1 is 1.12 bits per heavy atom. The van der Waals surface area contributed by atoms with Crippen LogP contribution in [0.25, 0.3) is 0 Å². The van der Waals surface area contributed by atoms with Crippen LogP contribution in [0.3, 0.4) is 0 Å². The molecule has 0 aliphatic carbocycles. The minimum absolute atomic E-state index is 0.606. The van der Waals surface area contributed by atoms with E-state index in [1.165, 1.54) is 0 Å². The van der Waals surface area contributed by atoms with Crippen LogP contribution >= 0.6 is 0 Å². The summed E-state index contributed by atoms with van der Waals surface area (Å²) in [7, 11) is 0. The molecule has 2 aromatic rings. The summed E-state index contributed by atoms with van der Waals surface area (Å²) in [5.74, 6) is 1.29. The molecular formula is C14H12N2O. The monoisotopic (exact) mass is 224 g/mol. The van der Waals surface area contributed by atoms with E-state index in [2.05, 4.69) is 6.07 Å². The van der Waals surface area contributed by atoms with Crippen molar-refractivity contribution < 1.29 is 4.74 Å². The van der Waals surface area contributed by atoms with Crippen molar-refractivity contribution in [1.29, 1.82) is 5.26 Å². The van der Waals surface area contributed by atoms with Crippen molar-refractivity contribution in [2.75, 3.05) is 5.73 Å². The lowest BCUT2D eigenvalue weighted by molar-refractivity contribution is 0.485. The zero-order valence-corrected chi connectivity index (χ0v) is 9.47. The number of rotatable bonds is 2. The molecule has 0 heterocycles. The van der Waals surface area contributed by atoms with Crippen molar-refractivity contribution in [2.45, 2.75) is 6.92 Å². The van der Waals surface area contributed by atoms with Crippen LogP contribution in [0.5, 0.6) is 11.5 Å². The predicted molar refractivity (Wildman–Crippen MR) is 66.8 cm³/mol. The van der Waals surface area contributed by atoms with Gasteiger partial charge in [-0.25, -0.2) is 0 Å². The van der Waals surface area contributed by atoms with Gasteiger partial charge in [0.05, 0.1) is 17.3 Å². The van der Waals surface area contributed by atoms with Gasteiger partial charge >= 0.3 is 0 Å². The summed E-state index contributed by atoms with van der Waals surface area (Å²) >= 11 is 0. The molecular weight excluding hydrogens is 212 g/mol. The van der Waals surface area contributed by atoms with Gasteiger partial charge in [-0.2, -0.15) is 5.26 Å². The van der Waals surface area contributed by atoms with Crippen LogP contribution in [0.2, 0.25) is 0 Å². The van der Waals surface area contributed by atoms with Gasteiger partial charge in [-0.1, -0.05) is 6.07 Å². The average Bonchev–Trinajstić information content (AvgIpc) is 2.34. The standard InChI is InChI=1S/C14H12N2O/c1-10-2-7-14(13(16)8-10)17-12-5-3-11(9-15)4-6-12/h2-8H,16H2,1H3. The number of nitrogens with zero attached hydrogens (tertiary/aromatic N) is 1. The summed E-state index contributed by atoms with van der Waals surface area (Å²) in [4.78, 5) is 0. The van der Waals surface area contributed by atoms with Crippen LogP contribution in [-0.4, -0.2) is 0 Å². The number of nitrogen functional groups attached to an aromatic ring is 1. The fourth-order valence-corrected chi connectivity index (χ4v) is 1.49. The van der Waals surface area contributed by atoms with Crippen LogP contribution in [0, 0.1) is 18.3 Å². The SMILES string of the molecule is Cc1ccc(Oc2ccc(C#N)cc2)c(N)c1. The van der Waals surface area contributed by atoms with Gasteiger partial charge < -0.3 is 10.5 Å². The van der Waals surface area contributed by atoms with Gasteiger partial charge in [0.25, 0.3) is 0 Å². The molecule has 17 heavy (non-hydrogen) atoms. The van der Waals surface area contributed by atoms with Crippen LogP contribution in [-0.2, 0) is 0 Å². The van der Waals surface area contributed by atoms with Crippen LogP contribution in [0.1, 0.15) is 11.1 Å². The molecule has 2 N–H and O–H groups in total. The van der Waals surface area contributed by atoms with Gasteiger partial charge in [0.15, 0.2) is 0 Å². The smallest absolute Gasteiger partial charge is 0.150 e. The van der Waals surface area contributed by atoms with Gasteiger partial charge in [-0.15, -0.1) is 0 Å². The Hall–Kier alpha value is -2.47. The predicted octanol–water partition coefficient (Wildman–Crippen LogP) is 3.24. The summed E-state index contributed by atoms with van der Waals surface area (Å²) in [5.41, 5.74) is 8.15. The second kappa shape index (κ2) is 4.58. The van der Waals surface area contributed by atoms with Crippen molar-refractivity contribution in [3.63, 3.8) is 0 Å². The second-order valence-corrected chi connectivity index (χ2v) is 3.78. The molecule has 0 saturated carbocycles. The first-order chi connectivity index (χ1) is 8.19. The molecule has 0 fully saturated rings. The Bertz CT molecular complexity index is 568.